The van der Waals surface area contributed by atoms with Gasteiger partial charge in [0.1, 0.15) is 10.6 Å². The van der Waals surface area contributed by atoms with E-state index in [0.717, 1.165) is 11.3 Å². The number of anilines is 2. The van der Waals surface area contributed by atoms with E-state index in [1.54, 1.807) is 24.3 Å². The van der Waals surface area contributed by atoms with Gasteiger partial charge in [0.2, 0.25) is 10.0 Å². The van der Waals surface area contributed by atoms with E-state index < -0.39 is 30.8 Å². The summed E-state index contributed by atoms with van der Waals surface area (Å²) in [6.07, 6.45) is 0.320. The Morgan fingerprint density at radius 3 is 2.24 bits per heavy atom. The Morgan fingerprint density at radius 2 is 1.58 bits per heavy atom. The molecule has 0 fully saturated rings. The number of primary amides is 1. The Kier molecular flexibility index (Phi) is 5.70. The normalized spacial score (nSPS) is 13.7. The molecule has 3 aromatic carbocycles. The van der Waals surface area contributed by atoms with Gasteiger partial charge in [-0.05, 0) is 47.0 Å². The summed E-state index contributed by atoms with van der Waals surface area (Å²) < 4.78 is 52.3. The van der Waals surface area contributed by atoms with Crippen molar-refractivity contribution in [2.75, 3.05) is 10.0 Å². The molecule has 11 heteroatoms. The van der Waals surface area contributed by atoms with Crippen molar-refractivity contribution in [2.45, 2.75) is 16.2 Å². The van der Waals surface area contributed by atoms with Crippen molar-refractivity contribution < 1.29 is 21.6 Å². The Bertz CT molecular complexity index is 1500. The Labute approximate surface area is 191 Å². The molecule has 1 aliphatic rings. The van der Waals surface area contributed by atoms with Crippen LogP contribution in [0.25, 0.3) is 5.57 Å². The number of nitrogens with one attached hydrogen (secondary N) is 2. The highest BCUT2D eigenvalue weighted by Gasteiger charge is 2.25. The van der Waals surface area contributed by atoms with Gasteiger partial charge >= 0.3 is 0 Å². The highest BCUT2D eigenvalue weighted by atomic mass is 32.2. The molecular weight excluding hydrogens is 464 g/mol. The van der Waals surface area contributed by atoms with Crippen molar-refractivity contribution in [1.29, 1.82) is 0 Å². The first-order valence-corrected chi connectivity index (χ1v) is 12.7. The summed E-state index contributed by atoms with van der Waals surface area (Å²) in [5.41, 5.74) is 7.98. The van der Waals surface area contributed by atoms with Gasteiger partial charge in [0.05, 0.1) is 10.6 Å². The second-order valence-corrected chi connectivity index (χ2v) is 10.6. The van der Waals surface area contributed by atoms with Gasteiger partial charge in [-0.15, -0.1) is 0 Å². The number of nitrogens with two attached hydrogens (primary N) is 2. The van der Waals surface area contributed by atoms with Gasteiger partial charge in [0.25, 0.3) is 15.9 Å². The molecule has 1 amide bonds. The zero-order valence-electron chi connectivity index (χ0n) is 17.1. The number of benzene rings is 3. The molecule has 0 aliphatic carbocycles. The predicted octanol–water partition coefficient (Wildman–Crippen LogP) is 2.00. The number of fused-ring (bicyclic) bond motifs is 1. The lowest BCUT2D eigenvalue weighted by Gasteiger charge is -2.24. The molecule has 33 heavy (non-hydrogen) atoms. The molecule has 6 N–H and O–H groups in total. The molecule has 170 valence electrons. The molecule has 3 aromatic rings. The number of rotatable bonds is 6. The van der Waals surface area contributed by atoms with Crippen LogP contribution >= 0.6 is 0 Å². The number of hydrogen-bond acceptors (Lipinski definition) is 6. The van der Waals surface area contributed by atoms with Crippen molar-refractivity contribution in [3.05, 3.63) is 89.6 Å². The molecule has 0 atom stereocenters. The number of sulfonamides is 2. The number of primary sulfonamides is 1. The second-order valence-electron chi connectivity index (χ2n) is 7.35. The van der Waals surface area contributed by atoms with Crippen LogP contribution in [-0.2, 0) is 31.3 Å². The maximum atomic E-state index is 12.9. The van der Waals surface area contributed by atoms with E-state index in [9.17, 15) is 21.6 Å². The largest absolute Gasteiger partial charge is 0.364 e. The fourth-order valence-electron chi connectivity index (χ4n) is 3.59. The minimum absolute atomic E-state index is 0.0546. The summed E-state index contributed by atoms with van der Waals surface area (Å²) in [5.74, 6) is -0.707. The lowest BCUT2D eigenvalue weighted by Crippen LogP contribution is -2.25. The monoisotopic (exact) mass is 484 g/mol. The van der Waals surface area contributed by atoms with Gasteiger partial charge in [0.15, 0.2) is 0 Å². The van der Waals surface area contributed by atoms with Crippen molar-refractivity contribution in [2.24, 2.45) is 10.9 Å². The zero-order valence-corrected chi connectivity index (χ0v) is 18.8. The fourth-order valence-corrected chi connectivity index (χ4v) is 5.42. The Balaban J connectivity index is 1.85. The minimum Gasteiger partial charge on any atom is -0.364 e. The third-order valence-electron chi connectivity index (χ3n) is 5.12. The average Bonchev–Trinajstić information content (AvgIpc) is 2.77. The van der Waals surface area contributed by atoms with E-state index >= 15 is 0 Å². The first-order chi connectivity index (χ1) is 15.6. The molecule has 0 unspecified atom stereocenters. The number of allylic oxidation sites excluding steroid dienone is 1. The first kappa shape index (κ1) is 22.5. The van der Waals surface area contributed by atoms with Crippen LogP contribution in [0.2, 0.25) is 0 Å². The Morgan fingerprint density at radius 1 is 0.909 bits per heavy atom. The number of para-hydroxylation sites is 1. The van der Waals surface area contributed by atoms with E-state index in [4.69, 9.17) is 10.9 Å². The van der Waals surface area contributed by atoms with Crippen LogP contribution < -0.4 is 20.9 Å². The fraction of sp³-hybridized carbons (Fsp3) is 0.0455. The standard InChI is InChI=1S/C22H20N4O5S2/c23-22(27)21-17(12-15-6-4-5-9-18(15)25-21)14-10-11-20(32(24,28)29)19(13-14)26-33(30,31)16-7-2-1-3-8-16/h1-11,13,25-26H,12H2,(H2,23,27)(H2,24,28,29). The minimum atomic E-state index is -4.26. The number of amides is 1. The topological polar surface area (TPSA) is 161 Å². The van der Waals surface area contributed by atoms with Crippen molar-refractivity contribution in [1.82, 2.24) is 0 Å². The highest BCUT2D eigenvalue weighted by molar-refractivity contribution is 7.93. The summed E-state index contributed by atoms with van der Waals surface area (Å²) >= 11 is 0. The van der Waals surface area contributed by atoms with E-state index in [1.165, 1.54) is 30.3 Å². The van der Waals surface area contributed by atoms with Gasteiger partial charge in [-0.25, -0.2) is 22.0 Å². The number of carbonyl (C=O) groups excluding carboxylic acids is 1. The lowest BCUT2D eigenvalue weighted by atomic mass is 9.91. The maximum absolute atomic E-state index is 12.9. The number of carbonyl (C=O) groups is 1. The molecule has 4 rings (SSSR count). The second kappa shape index (κ2) is 8.35. The molecule has 1 heterocycles. The van der Waals surface area contributed by atoms with E-state index in [2.05, 4.69) is 10.0 Å². The number of hydrogen-bond donors (Lipinski definition) is 4. The van der Waals surface area contributed by atoms with Gasteiger partial charge in [0, 0.05) is 12.1 Å². The third-order valence-corrected chi connectivity index (χ3v) is 7.48. The van der Waals surface area contributed by atoms with Crippen LogP contribution in [0.5, 0.6) is 0 Å². The maximum Gasteiger partial charge on any atom is 0.265 e. The smallest absolute Gasteiger partial charge is 0.265 e. The molecule has 0 aromatic heterocycles. The van der Waals surface area contributed by atoms with Gasteiger partial charge in [-0.1, -0.05) is 42.5 Å². The summed E-state index contributed by atoms with van der Waals surface area (Å²) in [4.78, 5) is 11.7. The van der Waals surface area contributed by atoms with Crippen molar-refractivity contribution in [3.63, 3.8) is 0 Å². The molecule has 0 radical (unpaired) electrons. The van der Waals surface area contributed by atoms with Crippen LogP contribution in [0.1, 0.15) is 11.1 Å². The van der Waals surface area contributed by atoms with Crippen LogP contribution in [0.3, 0.4) is 0 Å². The molecule has 0 saturated carbocycles. The van der Waals surface area contributed by atoms with Gasteiger partial charge in [-0.2, -0.15) is 0 Å². The SMILES string of the molecule is NC(=O)C1=C(c2ccc(S(N)(=O)=O)c(NS(=O)(=O)c3ccccc3)c2)Cc2ccccc2N1. The van der Waals surface area contributed by atoms with Gasteiger partial charge < -0.3 is 11.1 Å². The van der Waals surface area contributed by atoms with Crippen molar-refractivity contribution >= 4 is 42.9 Å². The molecular formula is C22H20N4O5S2. The van der Waals surface area contributed by atoms with Crippen LogP contribution in [0.15, 0.2) is 88.3 Å². The lowest BCUT2D eigenvalue weighted by molar-refractivity contribution is -0.114. The molecule has 9 nitrogen and oxygen atoms in total. The summed E-state index contributed by atoms with van der Waals surface area (Å²) in [6, 6.07) is 18.8. The molecule has 0 spiro atoms. The van der Waals surface area contributed by atoms with E-state index in [0.29, 0.717) is 17.6 Å². The summed E-state index contributed by atoms with van der Waals surface area (Å²) in [6.45, 7) is 0. The average molecular weight is 485 g/mol. The van der Waals surface area contributed by atoms with E-state index in [1.807, 2.05) is 18.2 Å². The molecule has 0 saturated heterocycles. The first-order valence-electron chi connectivity index (χ1n) is 9.69. The predicted molar refractivity (Wildman–Crippen MR) is 125 cm³/mol. The van der Waals surface area contributed by atoms with Crippen molar-refractivity contribution in [3.8, 4) is 0 Å². The Hall–Kier alpha value is -3.67. The van der Waals surface area contributed by atoms with Crippen LogP contribution in [-0.4, -0.2) is 22.7 Å². The molecule has 1 aliphatic heterocycles. The third kappa shape index (κ3) is 4.60. The molecule has 0 bridgehead atoms. The zero-order chi connectivity index (χ0) is 23.8. The van der Waals surface area contributed by atoms with Gasteiger partial charge in [-0.3, -0.25) is 9.52 Å². The van der Waals surface area contributed by atoms with Crippen LogP contribution in [0.4, 0.5) is 11.4 Å². The highest BCUT2D eigenvalue weighted by Crippen LogP contribution is 2.35. The van der Waals surface area contributed by atoms with Crippen LogP contribution in [0, 0.1) is 0 Å². The summed E-state index contributed by atoms with van der Waals surface area (Å²) in [5, 5.41) is 8.33. The quantitative estimate of drug-likeness (QED) is 0.418. The summed E-state index contributed by atoms with van der Waals surface area (Å²) in [7, 11) is -8.38. The van der Waals surface area contributed by atoms with E-state index in [-0.39, 0.29) is 16.3 Å².